The number of rotatable bonds is 1. The highest BCUT2D eigenvalue weighted by atomic mass is 19.2. The summed E-state index contributed by atoms with van der Waals surface area (Å²) in [5.41, 5.74) is 0. The number of nitrogens with one attached hydrogen (secondary N) is 2. The molecule has 1 rings (SSSR count). The molecular weight excluding hydrogens is 169 g/mol. The van der Waals surface area contributed by atoms with Crippen molar-refractivity contribution < 1.29 is 18.5 Å². The van der Waals surface area contributed by atoms with Crippen molar-refractivity contribution in [1.82, 2.24) is 10.6 Å². The molecule has 0 aromatic heterocycles. The van der Waals surface area contributed by atoms with Gasteiger partial charge in [0, 0.05) is 19.6 Å². The van der Waals surface area contributed by atoms with Crippen molar-refractivity contribution in [2.45, 2.75) is 6.04 Å². The highest BCUT2D eigenvalue weighted by molar-refractivity contribution is 6.15. The Kier molecular flexibility index (Phi) is 6.59. The van der Waals surface area contributed by atoms with Crippen LogP contribution < -0.4 is 10.6 Å². The number of piperazine rings is 1. The Hall–Kier alpha value is -0.685. The lowest BCUT2D eigenvalue weighted by atomic mass is 10.2. The Labute approximate surface area is 69.7 Å². The maximum Gasteiger partial charge on any atom is 0.577 e. The number of halogens is 2. The third-order valence-electron chi connectivity index (χ3n) is 1.34. The molecule has 3 N–H and O–H groups in total. The van der Waals surface area contributed by atoms with Gasteiger partial charge in [-0.2, -0.15) is 0 Å². The minimum absolute atomic E-state index is 0.390. The van der Waals surface area contributed by atoms with E-state index in [0.717, 1.165) is 13.1 Å². The van der Waals surface area contributed by atoms with Gasteiger partial charge < -0.3 is 15.7 Å². The number of carboxylic acid groups (broad SMARTS) is 1. The average molecular weight is 179 g/mol. The molecule has 0 aromatic carbocycles. The third-order valence-corrected chi connectivity index (χ3v) is 1.34. The number of hydrogen-bond donors (Lipinski definition) is 3. The van der Waals surface area contributed by atoms with E-state index in [1.54, 1.807) is 0 Å². The molecule has 4 nitrogen and oxygen atoms in total. The first kappa shape index (κ1) is 11.3. The Bertz CT molecular complexity index is 133. The maximum atomic E-state index is 10.3. The zero-order valence-corrected chi connectivity index (χ0v) is 6.39. The molecule has 0 aromatic rings. The molecule has 1 saturated heterocycles. The molecule has 1 unspecified atom stereocenters. The lowest BCUT2D eigenvalue weighted by Gasteiger charge is -2.20. The predicted octanol–water partition coefficient (Wildman–Crippen LogP) is -0.908. The second-order valence-electron chi connectivity index (χ2n) is 2.13. The van der Waals surface area contributed by atoms with Crippen LogP contribution in [0.1, 0.15) is 0 Å². The summed E-state index contributed by atoms with van der Waals surface area (Å²) in [6, 6.07) is -0.390. The van der Waals surface area contributed by atoms with Crippen LogP contribution in [0, 0.1) is 0 Å². The minimum atomic E-state index is -1.00. The molecule has 0 aliphatic carbocycles. The molecular formula is C5H10BF2N2O2. The van der Waals surface area contributed by atoms with Crippen molar-refractivity contribution in [1.29, 1.82) is 0 Å². The number of carbonyl (C=O) groups is 1. The van der Waals surface area contributed by atoms with Gasteiger partial charge in [0.25, 0.3) is 0 Å². The van der Waals surface area contributed by atoms with Gasteiger partial charge in [-0.15, -0.1) is 0 Å². The summed E-state index contributed by atoms with van der Waals surface area (Å²) in [5, 5.41) is 14.3. The van der Waals surface area contributed by atoms with Crippen molar-refractivity contribution in [3.05, 3.63) is 0 Å². The summed E-state index contributed by atoms with van der Waals surface area (Å²) < 4.78 is 19.0. The smallest absolute Gasteiger partial charge is 0.480 e. The lowest BCUT2D eigenvalue weighted by Crippen LogP contribution is -2.52. The van der Waals surface area contributed by atoms with E-state index in [0.29, 0.717) is 6.54 Å². The molecule has 1 aliphatic rings. The van der Waals surface area contributed by atoms with Gasteiger partial charge in [0.1, 0.15) is 6.04 Å². The van der Waals surface area contributed by atoms with E-state index in [1.807, 2.05) is 0 Å². The summed E-state index contributed by atoms with van der Waals surface area (Å²) in [4.78, 5) is 10.3. The fraction of sp³-hybridized carbons (Fsp3) is 0.800. The van der Waals surface area contributed by atoms with Crippen LogP contribution in [0.2, 0.25) is 0 Å². The first-order valence-electron chi connectivity index (χ1n) is 3.41. The third kappa shape index (κ3) is 5.03. The minimum Gasteiger partial charge on any atom is -0.480 e. The first-order valence-corrected chi connectivity index (χ1v) is 3.41. The van der Waals surface area contributed by atoms with Crippen molar-refractivity contribution in [3.8, 4) is 0 Å². The topological polar surface area (TPSA) is 61.4 Å². The standard InChI is InChI=1S/C5H10N2O2.BF2/c8-5(9)4-3-6-1-2-7-4;2-1-3/h4,6-7H,1-3H2,(H,8,9);. The van der Waals surface area contributed by atoms with Gasteiger partial charge in [-0.05, 0) is 0 Å². The molecule has 0 bridgehead atoms. The predicted molar refractivity (Wildman–Crippen MR) is 40.3 cm³/mol. The van der Waals surface area contributed by atoms with Crippen LogP contribution in [-0.2, 0) is 4.79 Å². The monoisotopic (exact) mass is 179 g/mol. The van der Waals surface area contributed by atoms with Crippen LogP contribution in [0.4, 0.5) is 8.63 Å². The van der Waals surface area contributed by atoms with Crippen molar-refractivity contribution in [2.75, 3.05) is 19.6 Å². The molecule has 1 heterocycles. The fourth-order valence-electron chi connectivity index (χ4n) is 0.828. The van der Waals surface area contributed by atoms with Crippen molar-refractivity contribution >= 4 is 13.8 Å². The Morgan fingerprint density at radius 1 is 1.50 bits per heavy atom. The van der Waals surface area contributed by atoms with E-state index >= 15 is 0 Å². The molecule has 0 amide bonds. The van der Waals surface area contributed by atoms with Crippen LogP contribution in [0.15, 0.2) is 0 Å². The Balaban J connectivity index is 0.000000354. The molecule has 1 atom stereocenters. The molecule has 1 fully saturated rings. The SMILES string of the molecule is F[B]F.O=C(O)C1CNCCN1. The Morgan fingerprint density at radius 3 is 2.33 bits per heavy atom. The summed E-state index contributed by atoms with van der Waals surface area (Å²) in [7, 11) is -1.00. The molecule has 12 heavy (non-hydrogen) atoms. The second-order valence-corrected chi connectivity index (χ2v) is 2.13. The molecule has 0 spiro atoms. The van der Waals surface area contributed by atoms with E-state index in [1.165, 1.54) is 0 Å². The molecule has 0 saturated carbocycles. The molecule has 1 radical (unpaired) electrons. The normalized spacial score (nSPS) is 22.0. The molecule has 1 aliphatic heterocycles. The average Bonchev–Trinajstić information content (AvgIpc) is 2.07. The highest BCUT2D eigenvalue weighted by Crippen LogP contribution is 1.84. The van der Waals surface area contributed by atoms with E-state index in [-0.39, 0.29) is 0 Å². The van der Waals surface area contributed by atoms with Gasteiger partial charge in [0.05, 0.1) is 0 Å². The largest absolute Gasteiger partial charge is 0.577 e. The summed E-state index contributed by atoms with van der Waals surface area (Å²) in [6.07, 6.45) is 0. The van der Waals surface area contributed by atoms with Gasteiger partial charge in [-0.3, -0.25) is 13.4 Å². The van der Waals surface area contributed by atoms with Gasteiger partial charge in [-0.1, -0.05) is 0 Å². The van der Waals surface area contributed by atoms with E-state index in [9.17, 15) is 13.4 Å². The zero-order chi connectivity index (χ0) is 9.40. The van der Waals surface area contributed by atoms with Gasteiger partial charge in [0.15, 0.2) is 0 Å². The molecule has 7 heteroatoms. The first-order chi connectivity index (χ1) is 5.72. The van der Waals surface area contributed by atoms with Crippen molar-refractivity contribution in [3.63, 3.8) is 0 Å². The highest BCUT2D eigenvalue weighted by Gasteiger charge is 2.18. The number of hydrogen-bond acceptors (Lipinski definition) is 3. The van der Waals surface area contributed by atoms with Gasteiger partial charge in [0.2, 0.25) is 0 Å². The van der Waals surface area contributed by atoms with E-state index in [4.69, 9.17) is 5.11 Å². The molecule has 69 valence electrons. The second kappa shape index (κ2) is 6.99. The zero-order valence-electron chi connectivity index (χ0n) is 6.39. The van der Waals surface area contributed by atoms with Gasteiger partial charge >= 0.3 is 13.8 Å². The summed E-state index contributed by atoms with van der Waals surface area (Å²) in [6.45, 7) is 2.15. The van der Waals surface area contributed by atoms with E-state index in [2.05, 4.69) is 10.6 Å². The quantitative estimate of drug-likeness (QED) is 0.456. The van der Waals surface area contributed by atoms with Crippen LogP contribution >= 0.6 is 0 Å². The number of aliphatic carboxylic acids is 1. The van der Waals surface area contributed by atoms with Crippen LogP contribution in [0.5, 0.6) is 0 Å². The maximum absolute atomic E-state index is 10.3. The fourth-order valence-corrected chi connectivity index (χ4v) is 0.828. The summed E-state index contributed by atoms with van der Waals surface area (Å²) in [5.74, 6) is -0.776. The lowest BCUT2D eigenvalue weighted by molar-refractivity contribution is -0.139. The van der Waals surface area contributed by atoms with Gasteiger partial charge in [-0.25, -0.2) is 0 Å². The van der Waals surface area contributed by atoms with Crippen LogP contribution in [0.3, 0.4) is 0 Å². The summed E-state index contributed by atoms with van der Waals surface area (Å²) >= 11 is 0. The van der Waals surface area contributed by atoms with Crippen LogP contribution in [0.25, 0.3) is 0 Å². The van der Waals surface area contributed by atoms with E-state index < -0.39 is 19.8 Å². The van der Waals surface area contributed by atoms with Crippen molar-refractivity contribution in [2.24, 2.45) is 0 Å². The Morgan fingerprint density at radius 2 is 2.08 bits per heavy atom. The van der Waals surface area contributed by atoms with Crippen LogP contribution in [-0.4, -0.2) is 44.6 Å². The number of carboxylic acids is 1.